The SMILES string of the molecule is CCOC(=O)CCNC(=O)C(c1cc(C)ccc1C)N(CC)C(=O)C(Cc1ccccc1)NC(=O)OC(C)(C)C. The maximum atomic E-state index is 14.2. The highest BCUT2D eigenvalue weighted by molar-refractivity contribution is 5.92. The van der Waals surface area contributed by atoms with Gasteiger partial charge in [-0.3, -0.25) is 14.4 Å². The molecule has 0 aliphatic carbocycles. The van der Waals surface area contributed by atoms with Gasteiger partial charge in [0.15, 0.2) is 0 Å². The van der Waals surface area contributed by atoms with E-state index in [9.17, 15) is 19.2 Å². The number of amides is 3. The Morgan fingerprint density at radius 2 is 1.65 bits per heavy atom. The number of esters is 1. The highest BCUT2D eigenvalue weighted by Crippen LogP contribution is 2.27. The molecule has 3 amide bonds. The molecule has 40 heavy (non-hydrogen) atoms. The lowest BCUT2D eigenvalue weighted by molar-refractivity contribution is -0.144. The molecule has 9 nitrogen and oxygen atoms in total. The van der Waals surface area contributed by atoms with Crippen molar-refractivity contribution in [3.63, 3.8) is 0 Å². The van der Waals surface area contributed by atoms with Crippen LogP contribution in [0.3, 0.4) is 0 Å². The monoisotopic (exact) mass is 553 g/mol. The van der Waals surface area contributed by atoms with Gasteiger partial charge in [0, 0.05) is 19.5 Å². The van der Waals surface area contributed by atoms with E-state index < -0.39 is 41.6 Å². The van der Waals surface area contributed by atoms with Crippen LogP contribution in [-0.2, 0) is 30.3 Å². The molecule has 2 aromatic carbocycles. The van der Waals surface area contributed by atoms with E-state index in [1.54, 1.807) is 34.6 Å². The van der Waals surface area contributed by atoms with Crippen molar-refractivity contribution >= 4 is 23.9 Å². The first kappa shape index (κ1) is 32.3. The fourth-order valence-corrected chi connectivity index (χ4v) is 4.29. The molecule has 2 aromatic rings. The highest BCUT2D eigenvalue weighted by atomic mass is 16.6. The molecule has 0 spiro atoms. The third kappa shape index (κ3) is 10.0. The van der Waals surface area contributed by atoms with E-state index in [2.05, 4.69) is 10.6 Å². The lowest BCUT2D eigenvalue weighted by Gasteiger charge is -2.34. The molecule has 2 N–H and O–H groups in total. The average Bonchev–Trinajstić information content (AvgIpc) is 2.87. The first-order chi connectivity index (χ1) is 18.9. The van der Waals surface area contributed by atoms with Gasteiger partial charge in [0.2, 0.25) is 11.8 Å². The molecule has 218 valence electrons. The van der Waals surface area contributed by atoms with Gasteiger partial charge in [-0.05, 0) is 65.2 Å². The lowest BCUT2D eigenvalue weighted by Crippen LogP contribution is -2.54. The summed E-state index contributed by atoms with van der Waals surface area (Å²) in [6.07, 6.45) is -0.505. The second-order valence-corrected chi connectivity index (χ2v) is 10.6. The Morgan fingerprint density at radius 3 is 2.25 bits per heavy atom. The summed E-state index contributed by atoms with van der Waals surface area (Å²) in [5, 5.41) is 5.54. The predicted octanol–water partition coefficient (Wildman–Crippen LogP) is 4.40. The Labute approximate surface area is 237 Å². The molecule has 0 aromatic heterocycles. The van der Waals surface area contributed by atoms with Crippen LogP contribution in [0.4, 0.5) is 4.79 Å². The minimum absolute atomic E-state index is 0.00992. The van der Waals surface area contributed by atoms with Crippen LogP contribution in [-0.4, -0.2) is 60.1 Å². The second-order valence-electron chi connectivity index (χ2n) is 10.6. The van der Waals surface area contributed by atoms with Gasteiger partial charge < -0.3 is 25.0 Å². The number of benzene rings is 2. The maximum Gasteiger partial charge on any atom is 0.408 e. The third-order valence-electron chi connectivity index (χ3n) is 6.12. The molecular formula is C31H43N3O6. The van der Waals surface area contributed by atoms with Crippen molar-refractivity contribution in [3.8, 4) is 0 Å². The number of ether oxygens (including phenoxy) is 2. The molecule has 0 aliphatic rings. The quantitative estimate of drug-likeness (QED) is 0.377. The average molecular weight is 554 g/mol. The van der Waals surface area contributed by atoms with Gasteiger partial charge in [0.1, 0.15) is 17.7 Å². The van der Waals surface area contributed by atoms with Crippen molar-refractivity contribution in [1.29, 1.82) is 0 Å². The van der Waals surface area contributed by atoms with E-state index in [0.29, 0.717) is 5.56 Å². The fourth-order valence-electron chi connectivity index (χ4n) is 4.29. The largest absolute Gasteiger partial charge is 0.466 e. The van der Waals surface area contributed by atoms with Gasteiger partial charge in [-0.25, -0.2) is 4.79 Å². The Kier molecular flexibility index (Phi) is 12.2. The zero-order chi connectivity index (χ0) is 29.9. The summed E-state index contributed by atoms with van der Waals surface area (Å²) in [6, 6.07) is 13.1. The van der Waals surface area contributed by atoms with Crippen LogP contribution in [0.2, 0.25) is 0 Å². The second kappa shape index (κ2) is 15.1. The zero-order valence-corrected chi connectivity index (χ0v) is 24.7. The summed E-state index contributed by atoms with van der Waals surface area (Å²) in [5.74, 6) is -1.27. The number of likely N-dealkylation sites (N-methyl/N-ethyl adjacent to an activating group) is 1. The standard InChI is InChI=1S/C31H43N3O6/c1-8-34(29(37)25(20-23-13-11-10-12-14-23)33-30(38)40-31(5,6)7)27(24-19-21(3)15-16-22(24)4)28(36)32-18-17-26(35)39-9-2/h10-16,19,25,27H,8-9,17-18,20H2,1-7H3,(H,32,36)(H,33,38). The number of nitrogens with one attached hydrogen (secondary N) is 2. The van der Waals surface area contributed by atoms with Crippen LogP contribution < -0.4 is 10.6 Å². The van der Waals surface area contributed by atoms with Crippen molar-refractivity contribution in [2.24, 2.45) is 0 Å². The minimum Gasteiger partial charge on any atom is -0.466 e. The van der Waals surface area contributed by atoms with E-state index in [1.807, 2.05) is 62.4 Å². The summed E-state index contributed by atoms with van der Waals surface area (Å²) in [4.78, 5) is 53.9. The molecule has 0 saturated heterocycles. The van der Waals surface area contributed by atoms with Gasteiger partial charge in [-0.2, -0.15) is 0 Å². The van der Waals surface area contributed by atoms with E-state index >= 15 is 0 Å². The Bertz CT molecular complexity index is 1160. The third-order valence-corrected chi connectivity index (χ3v) is 6.12. The first-order valence-electron chi connectivity index (χ1n) is 13.7. The molecule has 2 unspecified atom stereocenters. The van der Waals surface area contributed by atoms with Crippen molar-refractivity contribution in [2.75, 3.05) is 19.7 Å². The number of carbonyl (C=O) groups excluding carboxylic acids is 4. The van der Waals surface area contributed by atoms with E-state index in [4.69, 9.17) is 9.47 Å². The number of carbonyl (C=O) groups is 4. The summed E-state index contributed by atoms with van der Waals surface area (Å²) < 4.78 is 10.4. The Morgan fingerprint density at radius 1 is 0.975 bits per heavy atom. The van der Waals surface area contributed by atoms with Crippen LogP contribution >= 0.6 is 0 Å². The lowest BCUT2D eigenvalue weighted by atomic mass is 9.95. The summed E-state index contributed by atoms with van der Waals surface area (Å²) >= 11 is 0. The van der Waals surface area contributed by atoms with Crippen LogP contribution in [0.5, 0.6) is 0 Å². The van der Waals surface area contributed by atoms with Crippen LogP contribution in [0.25, 0.3) is 0 Å². The molecule has 9 heteroatoms. The Hall–Kier alpha value is -3.88. The number of rotatable bonds is 12. The molecular weight excluding hydrogens is 510 g/mol. The van der Waals surface area contributed by atoms with Crippen LogP contribution in [0.1, 0.15) is 69.3 Å². The molecule has 2 rings (SSSR count). The number of hydrogen-bond acceptors (Lipinski definition) is 6. The van der Waals surface area contributed by atoms with Crippen LogP contribution in [0, 0.1) is 13.8 Å². The molecule has 0 fully saturated rings. The molecule has 0 heterocycles. The van der Waals surface area contributed by atoms with Gasteiger partial charge in [-0.1, -0.05) is 54.1 Å². The van der Waals surface area contributed by atoms with Gasteiger partial charge in [0.05, 0.1) is 13.0 Å². The van der Waals surface area contributed by atoms with Crippen molar-refractivity contribution in [3.05, 3.63) is 70.8 Å². The zero-order valence-electron chi connectivity index (χ0n) is 24.7. The number of alkyl carbamates (subject to hydrolysis) is 1. The summed E-state index contributed by atoms with van der Waals surface area (Å²) in [6.45, 7) is 13.1. The number of aryl methyl sites for hydroxylation is 2. The predicted molar refractivity (Wildman–Crippen MR) is 154 cm³/mol. The van der Waals surface area contributed by atoms with Crippen molar-refractivity contribution in [1.82, 2.24) is 15.5 Å². The molecule has 0 bridgehead atoms. The minimum atomic E-state index is -0.989. The highest BCUT2D eigenvalue weighted by Gasteiger charge is 2.36. The number of hydrogen-bond donors (Lipinski definition) is 2. The van der Waals surface area contributed by atoms with E-state index in [-0.39, 0.29) is 32.5 Å². The molecule has 0 radical (unpaired) electrons. The van der Waals surface area contributed by atoms with E-state index in [0.717, 1.165) is 16.7 Å². The molecule has 2 atom stereocenters. The summed E-state index contributed by atoms with van der Waals surface area (Å²) in [5.41, 5.74) is 2.52. The van der Waals surface area contributed by atoms with Gasteiger partial charge in [-0.15, -0.1) is 0 Å². The fraction of sp³-hybridized carbons (Fsp3) is 0.484. The van der Waals surface area contributed by atoms with E-state index in [1.165, 1.54) is 4.90 Å². The topological polar surface area (TPSA) is 114 Å². The van der Waals surface area contributed by atoms with Crippen molar-refractivity contribution < 1.29 is 28.7 Å². The van der Waals surface area contributed by atoms with Crippen molar-refractivity contribution in [2.45, 2.75) is 79.0 Å². The normalized spacial score (nSPS) is 12.6. The van der Waals surface area contributed by atoms with Gasteiger partial charge in [0.25, 0.3) is 0 Å². The van der Waals surface area contributed by atoms with Crippen LogP contribution in [0.15, 0.2) is 48.5 Å². The van der Waals surface area contributed by atoms with Gasteiger partial charge >= 0.3 is 12.1 Å². The molecule has 0 saturated carbocycles. The number of nitrogens with zero attached hydrogens (tertiary/aromatic N) is 1. The Balaban J connectivity index is 2.45. The smallest absolute Gasteiger partial charge is 0.408 e. The first-order valence-corrected chi connectivity index (χ1v) is 13.7. The summed E-state index contributed by atoms with van der Waals surface area (Å²) in [7, 11) is 0. The maximum absolute atomic E-state index is 14.2. The molecule has 0 aliphatic heterocycles.